The third-order valence-corrected chi connectivity index (χ3v) is 7.99. The highest BCUT2D eigenvalue weighted by atomic mass is 19.4. The maximum absolute atomic E-state index is 12.8. The number of benzene rings is 3. The summed E-state index contributed by atoms with van der Waals surface area (Å²) in [6.07, 6.45) is -11.6. The van der Waals surface area contributed by atoms with Gasteiger partial charge in [-0.1, -0.05) is 54.6 Å². The summed E-state index contributed by atoms with van der Waals surface area (Å²) in [7, 11) is 0. The number of aliphatic carboxylic acids is 3. The number of carbonyl (C=O) groups is 4. The van der Waals surface area contributed by atoms with Gasteiger partial charge in [-0.2, -0.15) is 39.5 Å². The zero-order valence-corrected chi connectivity index (χ0v) is 29.0. The van der Waals surface area contributed by atoms with Gasteiger partial charge in [0.2, 0.25) is 0 Å². The van der Waals surface area contributed by atoms with Crippen molar-refractivity contribution in [3.63, 3.8) is 0 Å². The first-order valence-electron chi connectivity index (χ1n) is 16.5. The number of hydrogen-bond acceptors (Lipinski definition) is 7. The van der Waals surface area contributed by atoms with Gasteiger partial charge in [0.15, 0.2) is 5.78 Å². The number of fused-ring (bicyclic) bond motifs is 1. The van der Waals surface area contributed by atoms with E-state index in [1.54, 1.807) is 0 Å². The Balaban J connectivity index is 0.000000408. The predicted molar refractivity (Wildman–Crippen MR) is 182 cm³/mol. The molecule has 0 spiro atoms. The van der Waals surface area contributed by atoms with Gasteiger partial charge < -0.3 is 25.5 Å². The number of anilines is 1. The summed E-state index contributed by atoms with van der Waals surface area (Å²) in [6.45, 7) is 7.23. The van der Waals surface area contributed by atoms with Crippen molar-refractivity contribution in [1.29, 1.82) is 0 Å². The van der Waals surface area contributed by atoms with Crippen LogP contribution in [0.4, 0.5) is 45.2 Å². The van der Waals surface area contributed by atoms with E-state index in [9.17, 15) is 44.3 Å². The minimum Gasteiger partial charge on any atom is -0.475 e. The summed E-state index contributed by atoms with van der Waals surface area (Å²) < 4.78 is 95.2. The first kappa shape index (κ1) is 46.0. The molecule has 10 nitrogen and oxygen atoms in total. The van der Waals surface area contributed by atoms with Gasteiger partial charge in [-0.25, -0.2) is 14.4 Å². The van der Waals surface area contributed by atoms with E-state index in [0.717, 1.165) is 70.6 Å². The normalized spacial score (nSPS) is 14.6. The Labute approximate surface area is 309 Å². The highest BCUT2D eigenvalue weighted by Gasteiger charge is 2.39. The molecule has 0 amide bonds. The van der Waals surface area contributed by atoms with Crippen molar-refractivity contribution in [2.24, 2.45) is 0 Å². The smallest absolute Gasteiger partial charge is 0.475 e. The standard InChI is InChI=1S/C30H35N3O.3C2HF3O2/c34-30(28-9-8-26-14-16-31-17-15-27(26)23-28)7-4-18-32-19-21-33(22-20-32)29-12-10-25(11-13-29)24-5-2-1-3-6-24;3*3-2(4,5)1(6)7/h1-3,5-6,8-13,23,31H,4,7,14-22H2;3*(H,6,7). The van der Waals surface area contributed by atoms with Crippen LogP contribution >= 0.6 is 0 Å². The highest BCUT2D eigenvalue weighted by molar-refractivity contribution is 5.96. The van der Waals surface area contributed by atoms with Crippen molar-refractivity contribution >= 4 is 29.4 Å². The summed E-state index contributed by atoms with van der Waals surface area (Å²) in [5.41, 5.74) is 7.46. The van der Waals surface area contributed by atoms with Gasteiger partial charge in [-0.3, -0.25) is 9.69 Å². The number of nitrogens with zero attached hydrogens (tertiary/aromatic N) is 2. The molecular formula is C36H38F9N3O7. The maximum atomic E-state index is 12.8. The van der Waals surface area contributed by atoms with Crippen molar-refractivity contribution in [2.45, 2.75) is 44.2 Å². The average molecular weight is 796 g/mol. The zero-order valence-electron chi connectivity index (χ0n) is 29.0. The lowest BCUT2D eigenvalue weighted by Gasteiger charge is -2.36. The Kier molecular flexibility index (Phi) is 17.6. The molecule has 4 N–H and O–H groups in total. The van der Waals surface area contributed by atoms with Crippen LogP contribution in [-0.4, -0.2) is 108 Å². The predicted octanol–water partition coefficient (Wildman–Crippen LogP) is 6.73. The molecule has 1 fully saturated rings. The van der Waals surface area contributed by atoms with Gasteiger partial charge in [0.25, 0.3) is 0 Å². The van der Waals surface area contributed by atoms with Crippen molar-refractivity contribution < 1.29 is 74.0 Å². The van der Waals surface area contributed by atoms with Crippen LogP contribution in [0.3, 0.4) is 0 Å². The number of hydrogen-bond donors (Lipinski definition) is 4. The second-order valence-electron chi connectivity index (χ2n) is 11.9. The van der Waals surface area contributed by atoms with Crippen LogP contribution in [0, 0.1) is 0 Å². The lowest BCUT2D eigenvalue weighted by Crippen LogP contribution is -2.46. The molecule has 5 rings (SSSR count). The molecule has 19 heteroatoms. The van der Waals surface area contributed by atoms with Crippen molar-refractivity contribution in [3.8, 4) is 11.1 Å². The molecular weight excluding hydrogens is 757 g/mol. The van der Waals surface area contributed by atoms with Crippen LogP contribution in [-0.2, 0) is 27.2 Å². The van der Waals surface area contributed by atoms with Crippen molar-refractivity contribution in [2.75, 3.05) is 50.7 Å². The minimum absolute atomic E-state index is 0.289. The van der Waals surface area contributed by atoms with Crippen LogP contribution in [0.1, 0.15) is 34.3 Å². The second kappa shape index (κ2) is 21.1. The molecule has 3 aromatic rings. The van der Waals surface area contributed by atoms with E-state index in [2.05, 4.69) is 81.8 Å². The number of carbonyl (C=O) groups excluding carboxylic acids is 1. The Morgan fingerprint density at radius 3 is 1.53 bits per heavy atom. The number of rotatable bonds is 7. The molecule has 302 valence electrons. The van der Waals surface area contributed by atoms with Gasteiger partial charge in [-0.15, -0.1) is 0 Å². The number of ketones is 1. The SMILES string of the molecule is O=C(CCCN1CCN(c2ccc(-c3ccccc3)cc2)CC1)c1ccc2c(c1)CCNCC2.O=C(O)C(F)(F)F.O=C(O)C(F)(F)F.O=C(O)C(F)(F)F. The Bertz CT molecular complexity index is 1640. The van der Waals surface area contributed by atoms with E-state index in [-0.39, 0.29) is 5.78 Å². The third-order valence-electron chi connectivity index (χ3n) is 7.99. The molecule has 0 radical (unpaired) electrons. The molecule has 2 aliphatic heterocycles. The molecule has 55 heavy (non-hydrogen) atoms. The lowest BCUT2D eigenvalue weighted by atomic mass is 9.97. The van der Waals surface area contributed by atoms with Gasteiger partial charge in [-0.05, 0) is 79.3 Å². The minimum atomic E-state index is -5.08. The quantitative estimate of drug-likeness (QED) is 0.150. The number of carboxylic acids is 3. The summed E-state index contributed by atoms with van der Waals surface area (Å²) in [5.74, 6) is -7.98. The molecule has 2 aliphatic rings. The molecule has 0 unspecified atom stereocenters. The van der Waals surface area contributed by atoms with E-state index in [0.29, 0.717) is 6.42 Å². The van der Waals surface area contributed by atoms with Gasteiger partial charge >= 0.3 is 36.4 Å². The van der Waals surface area contributed by atoms with Crippen LogP contribution in [0.15, 0.2) is 72.8 Å². The average Bonchev–Trinajstić information content (AvgIpc) is 3.37. The molecule has 0 bridgehead atoms. The Hall–Kier alpha value is -5.17. The molecule has 0 aliphatic carbocycles. The fourth-order valence-electron chi connectivity index (χ4n) is 5.18. The maximum Gasteiger partial charge on any atom is 0.490 e. The van der Waals surface area contributed by atoms with Crippen LogP contribution in [0.2, 0.25) is 0 Å². The summed E-state index contributed by atoms with van der Waals surface area (Å²) in [6, 6.07) is 25.8. The molecule has 1 saturated heterocycles. The number of Topliss-reactive ketones (excluding diaryl/α,β-unsaturated/α-hetero) is 1. The first-order chi connectivity index (χ1) is 25.6. The topological polar surface area (TPSA) is 147 Å². The first-order valence-corrected chi connectivity index (χ1v) is 16.5. The molecule has 3 aromatic carbocycles. The fourth-order valence-corrected chi connectivity index (χ4v) is 5.18. The molecule has 0 atom stereocenters. The van der Waals surface area contributed by atoms with Crippen LogP contribution in [0.25, 0.3) is 11.1 Å². The third kappa shape index (κ3) is 16.8. The Morgan fingerprint density at radius 2 is 1.05 bits per heavy atom. The number of nitrogens with one attached hydrogen (secondary N) is 1. The Morgan fingerprint density at radius 1 is 0.600 bits per heavy atom. The molecule has 0 saturated carbocycles. The summed E-state index contributed by atoms with van der Waals surface area (Å²) in [5, 5.41) is 24.8. The van der Waals surface area contributed by atoms with Crippen LogP contribution < -0.4 is 10.2 Å². The fraction of sp³-hybridized carbons (Fsp3) is 0.389. The summed E-state index contributed by atoms with van der Waals surface area (Å²) in [4.78, 5) is 44.4. The summed E-state index contributed by atoms with van der Waals surface area (Å²) >= 11 is 0. The van der Waals surface area contributed by atoms with Crippen LogP contribution in [0.5, 0.6) is 0 Å². The highest BCUT2D eigenvalue weighted by Crippen LogP contribution is 2.24. The van der Waals surface area contributed by atoms with Gasteiger partial charge in [0.1, 0.15) is 0 Å². The lowest BCUT2D eigenvalue weighted by molar-refractivity contribution is -0.193. The zero-order chi connectivity index (χ0) is 41.4. The number of piperazine rings is 1. The van der Waals surface area contributed by atoms with E-state index in [1.165, 1.54) is 27.9 Å². The van der Waals surface area contributed by atoms with Gasteiger partial charge in [0, 0.05) is 43.9 Å². The van der Waals surface area contributed by atoms with Gasteiger partial charge in [0.05, 0.1) is 0 Å². The van der Waals surface area contributed by atoms with E-state index in [4.69, 9.17) is 29.7 Å². The second-order valence-corrected chi connectivity index (χ2v) is 11.9. The number of halogens is 9. The molecule has 0 aromatic heterocycles. The van der Waals surface area contributed by atoms with Crippen molar-refractivity contribution in [3.05, 3.63) is 89.5 Å². The van der Waals surface area contributed by atoms with E-state index in [1.807, 2.05) is 6.07 Å². The monoisotopic (exact) mass is 795 g/mol. The largest absolute Gasteiger partial charge is 0.490 e. The number of carboxylic acid groups (broad SMARTS) is 3. The molecule has 2 heterocycles. The van der Waals surface area contributed by atoms with E-state index < -0.39 is 36.4 Å². The number of alkyl halides is 9. The van der Waals surface area contributed by atoms with E-state index >= 15 is 0 Å². The van der Waals surface area contributed by atoms with Crippen molar-refractivity contribution in [1.82, 2.24) is 10.2 Å².